The molecule has 0 N–H and O–H groups in total. The third-order valence-corrected chi connectivity index (χ3v) is 5.58. The van der Waals surface area contributed by atoms with E-state index >= 15 is 0 Å². The normalized spacial score (nSPS) is 13.9. The lowest BCUT2D eigenvalue weighted by Gasteiger charge is -2.25. The number of sulfonamides is 1. The van der Waals surface area contributed by atoms with Crippen LogP contribution in [-0.4, -0.2) is 45.0 Å². The number of ether oxygens (including phenoxy) is 3. The Kier molecular flexibility index (Phi) is 6.95. The molecule has 0 atom stereocenters. The number of nitrogens with zero attached hydrogens (tertiary/aromatic N) is 1. The van der Waals surface area contributed by atoms with Gasteiger partial charge in [0.25, 0.3) is 0 Å². The van der Waals surface area contributed by atoms with Crippen LogP contribution in [0.25, 0.3) is 0 Å². The lowest BCUT2D eigenvalue weighted by Crippen LogP contribution is -2.38. The average molecular weight is 371 g/mol. The predicted molar refractivity (Wildman–Crippen MR) is 97.7 cm³/mol. The Morgan fingerprint density at radius 3 is 2.36 bits per heavy atom. The van der Waals surface area contributed by atoms with Gasteiger partial charge in [0.05, 0.1) is 12.4 Å². The summed E-state index contributed by atoms with van der Waals surface area (Å²) in [5, 5.41) is 0. The standard InChI is InChI=1S/C18H29NO5S/c1-14(2)11-19(12-15(3)4)25(20,21)9-5-8-22-16-6-7-17-18(10-16)24-13-23-17/h6-7,10,14-15H,5,8-9,11-13H2,1-4H3. The van der Waals surface area contributed by atoms with Crippen LogP contribution >= 0.6 is 0 Å². The van der Waals surface area contributed by atoms with Crippen LogP contribution in [0, 0.1) is 11.8 Å². The Labute approximate surface area is 151 Å². The first-order chi connectivity index (χ1) is 11.8. The van der Waals surface area contributed by atoms with Gasteiger partial charge in [-0.25, -0.2) is 12.7 Å². The third kappa shape index (κ3) is 6.08. The second-order valence-electron chi connectivity index (χ2n) is 7.14. The number of fused-ring (bicyclic) bond motifs is 1. The van der Waals surface area contributed by atoms with Crippen molar-refractivity contribution in [2.24, 2.45) is 11.8 Å². The topological polar surface area (TPSA) is 65.1 Å². The van der Waals surface area contributed by atoms with E-state index in [2.05, 4.69) is 0 Å². The van der Waals surface area contributed by atoms with Crippen molar-refractivity contribution in [3.05, 3.63) is 18.2 Å². The van der Waals surface area contributed by atoms with Crippen LogP contribution in [0.1, 0.15) is 34.1 Å². The molecule has 0 aromatic heterocycles. The van der Waals surface area contributed by atoms with Crippen molar-refractivity contribution in [2.75, 3.05) is 32.2 Å². The molecule has 1 aromatic carbocycles. The summed E-state index contributed by atoms with van der Waals surface area (Å²) in [5.41, 5.74) is 0. The highest BCUT2D eigenvalue weighted by atomic mass is 32.2. The van der Waals surface area contributed by atoms with Gasteiger partial charge in [-0.2, -0.15) is 0 Å². The maximum absolute atomic E-state index is 12.6. The monoisotopic (exact) mass is 371 g/mol. The summed E-state index contributed by atoms with van der Waals surface area (Å²) >= 11 is 0. The van der Waals surface area contributed by atoms with Crippen molar-refractivity contribution in [1.82, 2.24) is 4.31 Å². The van der Waals surface area contributed by atoms with E-state index in [0.717, 1.165) is 0 Å². The Morgan fingerprint density at radius 1 is 1.08 bits per heavy atom. The molecule has 0 saturated heterocycles. The van der Waals surface area contributed by atoms with Crippen LogP contribution in [0.3, 0.4) is 0 Å². The molecule has 25 heavy (non-hydrogen) atoms. The maximum Gasteiger partial charge on any atom is 0.231 e. The third-order valence-electron chi connectivity index (χ3n) is 3.69. The molecule has 0 radical (unpaired) electrons. The van der Waals surface area contributed by atoms with Crippen LogP contribution in [-0.2, 0) is 10.0 Å². The highest BCUT2D eigenvalue weighted by Gasteiger charge is 2.23. The van der Waals surface area contributed by atoms with Gasteiger partial charge in [0.15, 0.2) is 11.5 Å². The SMILES string of the molecule is CC(C)CN(CC(C)C)S(=O)(=O)CCCOc1ccc2c(c1)OCO2. The van der Waals surface area contributed by atoms with Gasteiger partial charge < -0.3 is 14.2 Å². The fourth-order valence-corrected chi connectivity index (χ4v) is 4.43. The molecule has 0 fully saturated rings. The van der Waals surface area contributed by atoms with E-state index in [-0.39, 0.29) is 12.5 Å². The quantitative estimate of drug-likeness (QED) is 0.591. The molecule has 0 aliphatic carbocycles. The number of benzene rings is 1. The van der Waals surface area contributed by atoms with E-state index in [1.54, 1.807) is 22.5 Å². The highest BCUT2D eigenvalue weighted by Crippen LogP contribution is 2.35. The fraction of sp³-hybridized carbons (Fsp3) is 0.667. The molecule has 1 heterocycles. The predicted octanol–water partition coefficient (Wildman–Crippen LogP) is 3.13. The first kappa shape index (κ1) is 19.8. The van der Waals surface area contributed by atoms with E-state index in [4.69, 9.17) is 14.2 Å². The summed E-state index contributed by atoms with van der Waals surface area (Å²) in [6, 6.07) is 5.36. The zero-order valence-corrected chi connectivity index (χ0v) is 16.3. The summed E-state index contributed by atoms with van der Waals surface area (Å²) in [5.74, 6) is 2.72. The second-order valence-corrected chi connectivity index (χ2v) is 9.23. The molecule has 6 nitrogen and oxygen atoms in total. The minimum Gasteiger partial charge on any atom is -0.493 e. The van der Waals surface area contributed by atoms with Gasteiger partial charge in [-0.05, 0) is 30.4 Å². The van der Waals surface area contributed by atoms with Crippen LogP contribution in [0.5, 0.6) is 17.2 Å². The number of hydrogen-bond donors (Lipinski definition) is 0. The molecule has 2 rings (SSSR count). The number of hydrogen-bond acceptors (Lipinski definition) is 5. The molecule has 0 unspecified atom stereocenters. The van der Waals surface area contributed by atoms with Crippen LogP contribution in [0.15, 0.2) is 18.2 Å². The molecule has 1 aromatic rings. The largest absolute Gasteiger partial charge is 0.493 e. The molecule has 1 aliphatic heterocycles. The molecule has 0 saturated carbocycles. The molecular formula is C18H29NO5S. The van der Waals surface area contributed by atoms with E-state index in [1.165, 1.54) is 0 Å². The Morgan fingerprint density at radius 2 is 1.72 bits per heavy atom. The van der Waals surface area contributed by atoms with Crippen molar-refractivity contribution in [1.29, 1.82) is 0 Å². The van der Waals surface area contributed by atoms with Gasteiger partial charge in [-0.1, -0.05) is 27.7 Å². The lowest BCUT2D eigenvalue weighted by atomic mass is 10.2. The fourth-order valence-electron chi connectivity index (χ4n) is 2.64. The van der Waals surface area contributed by atoms with Crippen molar-refractivity contribution in [3.8, 4) is 17.2 Å². The summed E-state index contributed by atoms with van der Waals surface area (Å²) in [7, 11) is -3.27. The van der Waals surface area contributed by atoms with Crippen LogP contribution < -0.4 is 14.2 Å². The van der Waals surface area contributed by atoms with E-state index < -0.39 is 10.0 Å². The zero-order valence-electron chi connectivity index (χ0n) is 15.5. The minimum absolute atomic E-state index is 0.0942. The molecule has 1 aliphatic rings. The van der Waals surface area contributed by atoms with Gasteiger partial charge >= 0.3 is 0 Å². The van der Waals surface area contributed by atoms with Gasteiger partial charge in [-0.3, -0.25) is 0 Å². The van der Waals surface area contributed by atoms with Crippen LogP contribution in [0.2, 0.25) is 0 Å². The maximum atomic E-state index is 12.6. The first-order valence-electron chi connectivity index (χ1n) is 8.78. The Bertz CT molecular complexity index is 647. The summed E-state index contributed by atoms with van der Waals surface area (Å²) < 4.78 is 43.0. The van der Waals surface area contributed by atoms with Crippen molar-refractivity contribution >= 4 is 10.0 Å². The molecule has 0 bridgehead atoms. The smallest absolute Gasteiger partial charge is 0.231 e. The van der Waals surface area contributed by atoms with Crippen molar-refractivity contribution in [3.63, 3.8) is 0 Å². The second kappa shape index (κ2) is 8.76. The van der Waals surface area contributed by atoms with E-state index in [0.29, 0.717) is 55.2 Å². The summed E-state index contributed by atoms with van der Waals surface area (Å²) in [4.78, 5) is 0. The molecule has 142 valence electrons. The van der Waals surface area contributed by atoms with Crippen LogP contribution in [0.4, 0.5) is 0 Å². The zero-order chi connectivity index (χ0) is 18.4. The van der Waals surface area contributed by atoms with Gasteiger partial charge in [0.1, 0.15) is 5.75 Å². The lowest BCUT2D eigenvalue weighted by molar-refractivity contribution is 0.173. The van der Waals surface area contributed by atoms with Gasteiger partial charge in [0.2, 0.25) is 16.8 Å². The highest BCUT2D eigenvalue weighted by molar-refractivity contribution is 7.89. The molecule has 7 heteroatoms. The molecule has 0 spiro atoms. The van der Waals surface area contributed by atoms with Crippen molar-refractivity contribution in [2.45, 2.75) is 34.1 Å². The average Bonchev–Trinajstić information content (AvgIpc) is 2.97. The van der Waals surface area contributed by atoms with Gasteiger partial charge in [0, 0.05) is 19.2 Å². The summed E-state index contributed by atoms with van der Waals surface area (Å²) in [6.07, 6.45) is 0.448. The van der Waals surface area contributed by atoms with E-state index in [9.17, 15) is 8.42 Å². The molecular weight excluding hydrogens is 342 g/mol. The molecule has 0 amide bonds. The Hall–Kier alpha value is -1.47. The minimum atomic E-state index is -3.27. The van der Waals surface area contributed by atoms with Gasteiger partial charge in [-0.15, -0.1) is 0 Å². The summed E-state index contributed by atoms with van der Waals surface area (Å²) in [6.45, 7) is 9.82. The number of rotatable bonds is 10. The van der Waals surface area contributed by atoms with E-state index in [1.807, 2.05) is 27.7 Å². The Balaban J connectivity index is 1.84. The van der Waals surface area contributed by atoms with Crippen molar-refractivity contribution < 1.29 is 22.6 Å². The first-order valence-corrected chi connectivity index (χ1v) is 10.4.